The molecule has 2 saturated heterocycles. The molecule has 0 saturated carbocycles. The van der Waals surface area contributed by atoms with Gasteiger partial charge in [-0.15, -0.1) is 0 Å². The standard InChI is InChI=1S/C15H21N/c1-2-4-12(5-3-1)6-7-13-10-14-8-9-15(11-13)16-14/h1-5,13-16H,6-11H2/t13-,14+,15-. The predicted octanol–water partition coefficient (Wildman–Crippen LogP) is 3.15. The van der Waals surface area contributed by atoms with Crippen LogP contribution in [0.25, 0.3) is 0 Å². The van der Waals surface area contributed by atoms with Gasteiger partial charge in [-0.2, -0.15) is 0 Å². The third-order valence-electron chi connectivity index (χ3n) is 4.25. The van der Waals surface area contributed by atoms with E-state index in [1.807, 2.05) is 0 Å². The minimum Gasteiger partial charge on any atom is -0.311 e. The molecule has 86 valence electrons. The van der Waals surface area contributed by atoms with Crippen LogP contribution in [0.1, 0.15) is 37.7 Å². The number of benzene rings is 1. The molecule has 1 N–H and O–H groups in total. The lowest BCUT2D eigenvalue weighted by Gasteiger charge is -2.29. The molecule has 1 aromatic carbocycles. The largest absolute Gasteiger partial charge is 0.311 e. The van der Waals surface area contributed by atoms with E-state index in [0.717, 1.165) is 18.0 Å². The molecule has 2 aliphatic rings. The Balaban J connectivity index is 1.52. The van der Waals surface area contributed by atoms with Gasteiger partial charge in [-0.1, -0.05) is 30.3 Å². The molecule has 1 nitrogen and oxygen atoms in total. The first kappa shape index (κ1) is 10.3. The van der Waals surface area contributed by atoms with Gasteiger partial charge in [-0.25, -0.2) is 0 Å². The Hall–Kier alpha value is -0.820. The van der Waals surface area contributed by atoms with Crippen LogP contribution in [0.3, 0.4) is 0 Å². The number of fused-ring (bicyclic) bond motifs is 2. The van der Waals surface area contributed by atoms with Gasteiger partial charge in [0.25, 0.3) is 0 Å². The summed E-state index contributed by atoms with van der Waals surface area (Å²) >= 11 is 0. The van der Waals surface area contributed by atoms with E-state index < -0.39 is 0 Å². The van der Waals surface area contributed by atoms with Gasteiger partial charge < -0.3 is 5.32 Å². The van der Waals surface area contributed by atoms with Gasteiger partial charge in [0.05, 0.1) is 0 Å². The first-order valence-electron chi connectivity index (χ1n) is 6.70. The van der Waals surface area contributed by atoms with Crippen LogP contribution >= 0.6 is 0 Å². The normalized spacial score (nSPS) is 32.9. The van der Waals surface area contributed by atoms with Crippen LogP contribution in [0.2, 0.25) is 0 Å². The van der Waals surface area contributed by atoms with Gasteiger partial charge in [0.15, 0.2) is 0 Å². The fourth-order valence-corrected chi connectivity index (χ4v) is 3.43. The highest BCUT2D eigenvalue weighted by Gasteiger charge is 2.32. The second-order valence-electron chi connectivity index (χ2n) is 5.50. The number of nitrogens with one attached hydrogen (secondary N) is 1. The van der Waals surface area contributed by atoms with E-state index in [2.05, 4.69) is 35.6 Å². The van der Waals surface area contributed by atoms with Gasteiger partial charge >= 0.3 is 0 Å². The second kappa shape index (κ2) is 4.58. The van der Waals surface area contributed by atoms with E-state index in [4.69, 9.17) is 0 Å². The molecule has 0 aliphatic carbocycles. The number of hydrogen-bond acceptors (Lipinski definition) is 1. The highest BCUT2D eigenvalue weighted by Crippen LogP contribution is 2.33. The molecule has 0 spiro atoms. The lowest BCUT2D eigenvalue weighted by molar-refractivity contribution is 0.286. The molecule has 1 aromatic rings. The van der Waals surface area contributed by atoms with E-state index >= 15 is 0 Å². The number of hydrogen-bond donors (Lipinski definition) is 1. The highest BCUT2D eigenvalue weighted by atomic mass is 15.0. The Morgan fingerprint density at radius 2 is 1.69 bits per heavy atom. The number of aryl methyl sites for hydroxylation is 1. The van der Waals surface area contributed by atoms with Crippen LogP contribution in [0, 0.1) is 5.92 Å². The van der Waals surface area contributed by atoms with Crippen molar-refractivity contribution in [2.24, 2.45) is 5.92 Å². The zero-order valence-electron chi connectivity index (χ0n) is 9.86. The first-order chi connectivity index (χ1) is 7.90. The maximum atomic E-state index is 3.72. The van der Waals surface area contributed by atoms with E-state index in [9.17, 15) is 0 Å². The molecular formula is C15H21N. The maximum absolute atomic E-state index is 3.72. The summed E-state index contributed by atoms with van der Waals surface area (Å²) in [5.41, 5.74) is 1.51. The SMILES string of the molecule is c1ccc(CC[C@H]2C[C@H]3CC[C@@H](C2)N3)cc1. The van der Waals surface area contributed by atoms with Crippen molar-refractivity contribution in [1.82, 2.24) is 5.32 Å². The number of rotatable bonds is 3. The summed E-state index contributed by atoms with van der Waals surface area (Å²) in [5.74, 6) is 0.971. The Bertz CT molecular complexity index is 321. The lowest BCUT2D eigenvalue weighted by Crippen LogP contribution is -2.38. The fourth-order valence-electron chi connectivity index (χ4n) is 3.43. The van der Waals surface area contributed by atoms with Gasteiger partial charge in [0.1, 0.15) is 0 Å². The van der Waals surface area contributed by atoms with Crippen molar-refractivity contribution >= 4 is 0 Å². The van der Waals surface area contributed by atoms with Crippen molar-refractivity contribution in [2.75, 3.05) is 0 Å². The van der Waals surface area contributed by atoms with E-state index in [1.54, 1.807) is 0 Å². The van der Waals surface area contributed by atoms with Gasteiger partial charge in [-0.05, 0) is 50.0 Å². The fraction of sp³-hybridized carbons (Fsp3) is 0.600. The van der Waals surface area contributed by atoms with Crippen LogP contribution in [-0.2, 0) is 6.42 Å². The third-order valence-corrected chi connectivity index (χ3v) is 4.25. The molecule has 1 heteroatoms. The Morgan fingerprint density at radius 1 is 1.00 bits per heavy atom. The molecule has 3 atom stereocenters. The van der Waals surface area contributed by atoms with Crippen molar-refractivity contribution in [1.29, 1.82) is 0 Å². The summed E-state index contributed by atoms with van der Waals surface area (Å²) in [6, 6.07) is 12.6. The highest BCUT2D eigenvalue weighted by molar-refractivity contribution is 5.14. The minimum atomic E-state index is 0.847. The molecule has 2 fully saturated rings. The summed E-state index contributed by atoms with van der Waals surface area (Å²) in [6.45, 7) is 0. The zero-order chi connectivity index (χ0) is 10.8. The maximum Gasteiger partial charge on any atom is 0.00728 e. The Morgan fingerprint density at radius 3 is 2.38 bits per heavy atom. The van der Waals surface area contributed by atoms with Gasteiger partial charge in [0.2, 0.25) is 0 Å². The minimum absolute atomic E-state index is 0.847. The van der Waals surface area contributed by atoms with Crippen molar-refractivity contribution in [3.63, 3.8) is 0 Å². The molecule has 0 amide bonds. The molecule has 0 aromatic heterocycles. The van der Waals surface area contributed by atoms with E-state index in [-0.39, 0.29) is 0 Å². The molecule has 0 radical (unpaired) electrons. The Labute approximate surface area is 98.3 Å². The first-order valence-corrected chi connectivity index (χ1v) is 6.70. The quantitative estimate of drug-likeness (QED) is 0.816. The van der Waals surface area contributed by atoms with Gasteiger partial charge in [0, 0.05) is 12.1 Å². The van der Waals surface area contributed by atoms with Crippen LogP contribution in [0.5, 0.6) is 0 Å². The smallest absolute Gasteiger partial charge is 0.00728 e. The zero-order valence-corrected chi connectivity index (χ0v) is 9.86. The molecular weight excluding hydrogens is 194 g/mol. The average Bonchev–Trinajstić information content (AvgIpc) is 2.67. The summed E-state index contributed by atoms with van der Waals surface area (Å²) in [6.07, 6.45) is 8.34. The van der Waals surface area contributed by atoms with Gasteiger partial charge in [-0.3, -0.25) is 0 Å². The second-order valence-corrected chi connectivity index (χ2v) is 5.50. The molecule has 2 heterocycles. The predicted molar refractivity (Wildman–Crippen MR) is 67.4 cm³/mol. The summed E-state index contributed by atoms with van der Waals surface area (Å²) in [5, 5.41) is 3.72. The summed E-state index contributed by atoms with van der Waals surface area (Å²) in [7, 11) is 0. The van der Waals surface area contributed by atoms with Crippen molar-refractivity contribution in [3.05, 3.63) is 35.9 Å². The van der Waals surface area contributed by atoms with Crippen LogP contribution in [0.15, 0.2) is 30.3 Å². The summed E-state index contributed by atoms with van der Waals surface area (Å²) in [4.78, 5) is 0. The Kier molecular flexibility index (Phi) is 2.96. The molecule has 3 rings (SSSR count). The topological polar surface area (TPSA) is 12.0 Å². The third kappa shape index (κ3) is 2.30. The lowest BCUT2D eigenvalue weighted by atomic mass is 9.87. The summed E-state index contributed by atoms with van der Waals surface area (Å²) < 4.78 is 0. The van der Waals surface area contributed by atoms with Crippen molar-refractivity contribution in [3.8, 4) is 0 Å². The van der Waals surface area contributed by atoms with E-state index in [1.165, 1.54) is 44.1 Å². The van der Waals surface area contributed by atoms with Crippen LogP contribution in [0.4, 0.5) is 0 Å². The molecule has 16 heavy (non-hydrogen) atoms. The van der Waals surface area contributed by atoms with Crippen LogP contribution < -0.4 is 5.32 Å². The molecule has 2 aliphatic heterocycles. The molecule has 0 unspecified atom stereocenters. The monoisotopic (exact) mass is 215 g/mol. The number of piperidine rings is 1. The van der Waals surface area contributed by atoms with Crippen molar-refractivity contribution in [2.45, 2.75) is 50.6 Å². The molecule has 2 bridgehead atoms. The van der Waals surface area contributed by atoms with E-state index in [0.29, 0.717) is 0 Å². The average molecular weight is 215 g/mol. The van der Waals surface area contributed by atoms with Crippen molar-refractivity contribution < 1.29 is 0 Å². The van der Waals surface area contributed by atoms with Crippen LogP contribution in [-0.4, -0.2) is 12.1 Å².